The van der Waals surface area contributed by atoms with Crippen molar-refractivity contribution >= 4 is 0 Å². The summed E-state index contributed by atoms with van der Waals surface area (Å²) in [4.78, 5) is 0. The number of hydrogen-bond acceptors (Lipinski definition) is 0. The highest BCUT2D eigenvalue weighted by molar-refractivity contribution is 5.47. The quantitative estimate of drug-likeness (QED) is 0.629. The fourth-order valence-electron chi connectivity index (χ4n) is 2.57. The lowest BCUT2D eigenvalue weighted by molar-refractivity contribution is -0.743. The molecule has 100 valence electrons. The zero-order valence-corrected chi connectivity index (χ0v) is 12.1. The second-order valence-electron chi connectivity index (χ2n) is 5.05. The maximum atomic E-state index is 2.18. The Bertz CT molecular complexity index is 693. The standard InChI is InChI=1S/C17H19N3/c1-14-8-4-5-9-15(14)20-13-11-17(19(20)3)16-10-6-7-12-18(16)2/h4-13H,1-3H3/q+2. The lowest BCUT2D eigenvalue weighted by atomic mass is 10.2. The van der Waals surface area contributed by atoms with E-state index in [4.69, 9.17) is 0 Å². The van der Waals surface area contributed by atoms with Gasteiger partial charge in [0.15, 0.2) is 13.2 Å². The Morgan fingerprint density at radius 1 is 0.850 bits per heavy atom. The highest BCUT2D eigenvalue weighted by Gasteiger charge is 2.23. The third-order valence-corrected chi connectivity index (χ3v) is 3.73. The maximum absolute atomic E-state index is 2.18. The SMILES string of the molecule is Cc1ccccc1-n1ccc(-c2cccc[n+]2C)[n+]1C. The summed E-state index contributed by atoms with van der Waals surface area (Å²) in [5.74, 6) is 0. The Morgan fingerprint density at radius 2 is 1.60 bits per heavy atom. The van der Waals surface area contributed by atoms with E-state index in [2.05, 4.69) is 89.8 Å². The molecule has 0 saturated heterocycles. The molecule has 0 saturated carbocycles. The Labute approximate surface area is 119 Å². The summed E-state index contributed by atoms with van der Waals surface area (Å²) < 4.78 is 6.49. The minimum atomic E-state index is 1.19. The predicted octanol–water partition coefficient (Wildman–Crippen LogP) is 2.10. The van der Waals surface area contributed by atoms with Gasteiger partial charge in [0.1, 0.15) is 12.7 Å². The van der Waals surface area contributed by atoms with Crippen molar-refractivity contribution in [2.45, 2.75) is 6.92 Å². The summed E-state index contributed by atoms with van der Waals surface area (Å²) in [6.45, 7) is 2.14. The van der Waals surface area contributed by atoms with Gasteiger partial charge in [-0.2, -0.15) is 4.57 Å². The van der Waals surface area contributed by atoms with Crippen LogP contribution in [0.25, 0.3) is 17.1 Å². The van der Waals surface area contributed by atoms with Crippen molar-refractivity contribution in [1.82, 2.24) is 4.68 Å². The summed E-state index contributed by atoms with van der Waals surface area (Å²) >= 11 is 0. The summed E-state index contributed by atoms with van der Waals surface area (Å²) in [7, 11) is 4.16. The van der Waals surface area contributed by atoms with Crippen LogP contribution >= 0.6 is 0 Å². The highest BCUT2D eigenvalue weighted by atomic mass is 15.4. The van der Waals surface area contributed by atoms with Gasteiger partial charge < -0.3 is 0 Å². The van der Waals surface area contributed by atoms with Crippen molar-refractivity contribution in [1.29, 1.82) is 0 Å². The molecule has 0 radical (unpaired) electrons. The van der Waals surface area contributed by atoms with Crippen molar-refractivity contribution in [3.05, 3.63) is 66.5 Å². The lowest BCUT2D eigenvalue weighted by Crippen LogP contribution is -2.42. The Morgan fingerprint density at radius 3 is 2.35 bits per heavy atom. The monoisotopic (exact) mass is 265 g/mol. The van der Waals surface area contributed by atoms with E-state index in [1.54, 1.807) is 0 Å². The first kappa shape index (κ1) is 12.6. The molecular formula is C17H19N3+2. The second-order valence-corrected chi connectivity index (χ2v) is 5.05. The Kier molecular flexibility index (Phi) is 3.11. The van der Waals surface area contributed by atoms with E-state index in [0.717, 1.165) is 0 Å². The van der Waals surface area contributed by atoms with Crippen molar-refractivity contribution in [2.75, 3.05) is 0 Å². The minimum Gasteiger partial charge on any atom is -0.196 e. The van der Waals surface area contributed by atoms with E-state index in [9.17, 15) is 0 Å². The molecule has 2 aromatic heterocycles. The van der Waals surface area contributed by atoms with Crippen LogP contribution in [-0.2, 0) is 14.1 Å². The first-order chi connectivity index (χ1) is 9.68. The summed E-state index contributed by atoms with van der Waals surface area (Å²) in [5.41, 5.74) is 4.86. The molecule has 0 bridgehead atoms. The van der Waals surface area contributed by atoms with Crippen LogP contribution in [-0.4, -0.2) is 4.68 Å². The average Bonchev–Trinajstić information content (AvgIpc) is 2.82. The van der Waals surface area contributed by atoms with Crippen LogP contribution in [0.5, 0.6) is 0 Å². The van der Waals surface area contributed by atoms with Crippen molar-refractivity contribution in [2.24, 2.45) is 14.1 Å². The summed E-state index contributed by atoms with van der Waals surface area (Å²) in [6.07, 6.45) is 4.19. The molecule has 0 aliphatic carbocycles. The van der Waals surface area contributed by atoms with Crippen LogP contribution in [0.3, 0.4) is 0 Å². The van der Waals surface area contributed by atoms with Crippen LogP contribution in [0.15, 0.2) is 60.9 Å². The molecule has 0 unspecified atom stereocenters. The molecule has 2 heterocycles. The number of aromatic nitrogens is 3. The van der Waals surface area contributed by atoms with Crippen LogP contribution in [0.2, 0.25) is 0 Å². The van der Waals surface area contributed by atoms with E-state index < -0.39 is 0 Å². The summed E-state index contributed by atoms with van der Waals surface area (Å²) in [5, 5.41) is 0. The molecule has 20 heavy (non-hydrogen) atoms. The first-order valence-electron chi connectivity index (χ1n) is 6.77. The number of benzene rings is 1. The average molecular weight is 265 g/mol. The van der Waals surface area contributed by atoms with Crippen LogP contribution in [0, 0.1) is 6.92 Å². The Hall–Kier alpha value is -2.42. The van der Waals surface area contributed by atoms with Gasteiger partial charge in [0.25, 0.3) is 5.69 Å². The van der Waals surface area contributed by atoms with Gasteiger partial charge in [0.05, 0.1) is 6.20 Å². The lowest BCUT2D eigenvalue weighted by Gasteiger charge is -2.04. The fourth-order valence-corrected chi connectivity index (χ4v) is 2.57. The van der Waals surface area contributed by atoms with Gasteiger partial charge in [0, 0.05) is 18.2 Å². The van der Waals surface area contributed by atoms with Gasteiger partial charge in [-0.25, -0.2) is 0 Å². The zero-order chi connectivity index (χ0) is 14.1. The van der Waals surface area contributed by atoms with E-state index in [1.165, 1.54) is 22.6 Å². The van der Waals surface area contributed by atoms with E-state index in [0.29, 0.717) is 0 Å². The van der Waals surface area contributed by atoms with E-state index in [1.807, 2.05) is 6.07 Å². The molecule has 0 N–H and O–H groups in total. The van der Waals surface area contributed by atoms with Crippen LogP contribution in [0.4, 0.5) is 0 Å². The van der Waals surface area contributed by atoms with Crippen molar-refractivity contribution < 1.29 is 9.25 Å². The van der Waals surface area contributed by atoms with Gasteiger partial charge in [-0.3, -0.25) is 0 Å². The topological polar surface area (TPSA) is 12.7 Å². The molecule has 0 aliphatic heterocycles. The van der Waals surface area contributed by atoms with E-state index in [-0.39, 0.29) is 0 Å². The van der Waals surface area contributed by atoms with Gasteiger partial charge in [-0.05, 0) is 24.6 Å². The van der Waals surface area contributed by atoms with Gasteiger partial charge >= 0.3 is 5.69 Å². The van der Waals surface area contributed by atoms with Gasteiger partial charge in [-0.1, -0.05) is 22.9 Å². The molecule has 0 aliphatic rings. The van der Waals surface area contributed by atoms with Crippen LogP contribution < -0.4 is 9.25 Å². The zero-order valence-electron chi connectivity index (χ0n) is 12.1. The number of pyridine rings is 1. The van der Waals surface area contributed by atoms with Crippen molar-refractivity contribution in [3.63, 3.8) is 0 Å². The highest BCUT2D eigenvalue weighted by Crippen LogP contribution is 2.15. The molecular weight excluding hydrogens is 246 g/mol. The molecule has 0 amide bonds. The van der Waals surface area contributed by atoms with Crippen LogP contribution in [0.1, 0.15) is 5.56 Å². The van der Waals surface area contributed by atoms with Gasteiger partial charge in [-0.15, -0.1) is 4.68 Å². The number of nitrogens with zero attached hydrogens (tertiary/aromatic N) is 3. The normalized spacial score (nSPS) is 10.8. The molecule has 3 heteroatoms. The third-order valence-electron chi connectivity index (χ3n) is 3.73. The first-order valence-corrected chi connectivity index (χ1v) is 6.77. The van der Waals surface area contributed by atoms with Gasteiger partial charge in [0.2, 0.25) is 0 Å². The van der Waals surface area contributed by atoms with E-state index >= 15 is 0 Å². The van der Waals surface area contributed by atoms with Crippen molar-refractivity contribution in [3.8, 4) is 17.1 Å². The molecule has 0 fully saturated rings. The molecule has 0 atom stereocenters. The largest absolute Gasteiger partial charge is 0.302 e. The smallest absolute Gasteiger partial charge is 0.196 e. The number of hydrogen-bond donors (Lipinski definition) is 0. The number of aryl methyl sites for hydroxylation is 2. The molecule has 1 aromatic carbocycles. The molecule has 3 rings (SSSR count). The molecule has 0 spiro atoms. The number of rotatable bonds is 2. The predicted molar refractivity (Wildman–Crippen MR) is 78.3 cm³/mol. The maximum Gasteiger partial charge on any atom is 0.302 e. The molecule has 3 nitrogen and oxygen atoms in total. The minimum absolute atomic E-state index is 1.19. The summed E-state index contributed by atoms with van der Waals surface area (Å²) in [6, 6.07) is 16.8. The number of para-hydroxylation sites is 1. The Balaban J connectivity index is 2.15. The molecule has 3 aromatic rings. The second kappa shape index (κ2) is 4.93. The fraction of sp³-hybridized carbons (Fsp3) is 0.176. The third kappa shape index (κ3) is 2.01.